The van der Waals surface area contributed by atoms with Gasteiger partial charge in [-0.15, -0.1) is 0 Å². The van der Waals surface area contributed by atoms with Gasteiger partial charge in [0.25, 0.3) is 0 Å². The average Bonchev–Trinajstić information content (AvgIpc) is 2.28. The quantitative estimate of drug-likeness (QED) is 0.668. The number of aliphatic hydroxyl groups is 2. The zero-order valence-electron chi connectivity index (χ0n) is 8.91. The Kier molecular flexibility index (Phi) is 3.13. The van der Waals surface area contributed by atoms with Gasteiger partial charge in [-0.3, -0.25) is 0 Å². The Hall–Kier alpha value is -0.0800. The van der Waals surface area contributed by atoms with E-state index >= 15 is 0 Å². The van der Waals surface area contributed by atoms with E-state index in [-0.39, 0.29) is 0 Å². The molecule has 0 amide bonds. The molecular weight excluding hydrogens is 176 g/mol. The molecule has 14 heavy (non-hydrogen) atoms. The molecule has 2 N–H and O–H groups in total. The predicted octanol–water partition coefficient (Wildman–Crippen LogP) is 2.23. The summed E-state index contributed by atoms with van der Waals surface area (Å²) in [6.45, 7) is 0. The highest BCUT2D eigenvalue weighted by molar-refractivity contribution is 4.94. The highest BCUT2D eigenvalue weighted by atomic mass is 16.3. The first-order chi connectivity index (χ1) is 6.72. The zero-order chi connectivity index (χ0) is 10.0. The van der Waals surface area contributed by atoms with Crippen LogP contribution in [0.15, 0.2) is 0 Å². The van der Waals surface area contributed by atoms with Crippen LogP contribution >= 0.6 is 0 Å². The van der Waals surface area contributed by atoms with Gasteiger partial charge in [0, 0.05) is 0 Å². The second kappa shape index (κ2) is 4.19. The molecule has 0 spiro atoms. The highest BCUT2D eigenvalue weighted by Crippen LogP contribution is 2.39. The van der Waals surface area contributed by atoms with Crippen molar-refractivity contribution in [3.8, 4) is 0 Å². The first-order valence-corrected chi connectivity index (χ1v) is 6.13. The van der Waals surface area contributed by atoms with E-state index in [0.717, 1.165) is 38.5 Å². The smallest absolute Gasteiger partial charge is 0.0908 e. The molecule has 0 saturated heterocycles. The molecule has 1 unspecified atom stereocenters. The highest BCUT2D eigenvalue weighted by Gasteiger charge is 2.41. The van der Waals surface area contributed by atoms with Crippen LogP contribution in [0.1, 0.15) is 57.8 Å². The molecule has 2 aliphatic rings. The van der Waals surface area contributed by atoms with Gasteiger partial charge in [0.05, 0.1) is 11.7 Å². The summed E-state index contributed by atoms with van der Waals surface area (Å²) in [5.74, 6) is 0.387. The molecule has 2 rings (SSSR count). The minimum Gasteiger partial charge on any atom is -0.390 e. The van der Waals surface area contributed by atoms with Crippen molar-refractivity contribution in [3.05, 3.63) is 0 Å². The fraction of sp³-hybridized carbons (Fsp3) is 1.00. The minimum atomic E-state index is -0.748. The molecule has 2 heteroatoms. The van der Waals surface area contributed by atoms with Crippen LogP contribution in [-0.4, -0.2) is 21.9 Å². The first-order valence-electron chi connectivity index (χ1n) is 6.13. The van der Waals surface area contributed by atoms with E-state index in [1.54, 1.807) is 0 Å². The Labute approximate surface area is 86.3 Å². The van der Waals surface area contributed by atoms with Crippen molar-refractivity contribution in [1.82, 2.24) is 0 Å². The van der Waals surface area contributed by atoms with Gasteiger partial charge in [0.1, 0.15) is 0 Å². The lowest BCUT2D eigenvalue weighted by Gasteiger charge is -2.40. The topological polar surface area (TPSA) is 40.5 Å². The predicted molar refractivity (Wildman–Crippen MR) is 56.0 cm³/mol. The minimum absolute atomic E-state index is 0.387. The van der Waals surface area contributed by atoms with Crippen molar-refractivity contribution in [2.24, 2.45) is 5.92 Å². The van der Waals surface area contributed by atoms with Crippen LogP contribution in [-0.2, 0) is 0 Å². The maximum Gasteiger partial charge on any atom is 0.0908 e. The van der Waals surface area contributed by atoms with Crippen LogP contribution in [0.4, 0.5) is 0 Å². The van der Waals surface area contributed by atoms with Crippen LogP contribution in [0, 0.1) is 5.92 Å². The Balaban J connectivity index is 1.96. The summed E-state index contributed by atoms with van der Waals surface area (Å²) in [4.78, 5) is 0. The van der Waals surface area contributed by atoms with Crippen LogP contribution in [0.25, 0.3) is 0 Å². The third-order valence-electron chi connectivity index (χ3n) is 4.12. The standard InChI is InChI=1S/C12H22O2/c13-11(10-6-5-7-10)12(14)8-3-1-2-4-9-12/h10-11,13-14H,1-9H2. The van der Waals surface area contributed by atoms with E-state index in [1.165, 1.54) is 19.3 Å². The van der Waals surface area contributed by atoms with Gasteiger partial charge in [-0.2, -0.15) is 0 Å². The Morgan fingerprint density at radius 2 is 1.50 bits per heavy atom. The molecule has 0 aromatic rings. The molecule has 2 saturated carbocycles. The van der Waals surface area contributed by atoms with E-state index in [1.807, 2.05) is 0 Å². The molecule has 2 aliphatic carbocycles. The second-order valence-corrected chi connectivity index (χ2v) is 5.15. The fourth-order valence-electron chi connectivity index (χ4n) is 2.83. The lowest BCUT2D eigenvalue weighted by molar-refractivity contribution is -0.122. The normalized spacial score (nSPS) is 30.4. The first kappa shape index (κ1) is 10.4. The van der Waals surface area contributed by atoms with Crippen LogP contribution in [0.5, 0.6) is 0 Å². The maximum atomic E-state index is 10.4. The summed E-state index contributed by atoms with van der Waals surface area (Å²) in [5, 5.41) is 20.5. The van der Waals surface area contributed by atoms with E-state index < -0.39 is 11.7 Å². The van der Waals surface area contributed by atoms with Crippen molar-refractivity contribution in [2.45, 2.75) is 69.5 Å². The van der Waals surface area contributed by atoms with E-state index in [2.05, 4.69) is 0 Å². The summed E-state index contributed by atoms with van der Waals surface area (Å²) in [6.07, 6.45) is 9.24. The molecule has 2 fully saturated rings. The Morgan fingerprint density at radius 3 is 1.93 bits per heavy atom. The van der Waals surface area contributed by atoms with Crippen LogP contribution in [0.3, 0.4) is 0 Å². The van der Waals surface area contributed by atoms with Crippen LogP contribution in [0.2, 0.25) is 0 Å². The van der Waals surface area contributed by atoms with Crippen molar-refractivity contribution in [1.29, 1.82) is 0 Å². The summed E-state index contributed by atoms with van der Waals surface area (Å²) in [5.41, 5.74) is -0.748. The number of hydrogen-bond donors (Lipinski definition) is 2. The molecule has 0 aliphatic heterocycles. The zero-order valence-corrected chi connectivity index (χ0v) is 8.91. The van der Waals surface area contributed by atoms with Gasteiger partial charge in [-0.25, -0.2) is 0 Å². The average molecular weight is 198 g/mol. The van der Waals surface area contributed by atoms with Crippen molar-refractivity contribution in [2.75, 3.05) is 0 Å². The molecule has 0 bridgehead atoms. The molecule has 0 radical (unpaired) electrons. The SMILES string of the molecule is OC(C1CCC1)C1(O)CCCCCC1. The summed E-state index contributed by atoms with van der Waals surface area (Å²) in [6, 6.07) is 0. The van der Waals surface area contributed by atoms with Crippen molar-refractivity contribution < 1.29 is 10.2 Å². The van der Waals surface area contributed by atoms with Gasteiger partial charge in [0.15, 0.2) is 0 Å². The Bertz CT molecular complexity index is 179. The van der Waals surface area contributed by atoms with Crippen LogP contribution < -0.4 is 0 Å². The van der Waals surface area contributed by atoms with Gasteiger partial charge < -0.3 is 10.2 Å². The van der Waals surface area contributed by atoms with Crippen molar-refractivity contribution in [3.63, 3.8) is 0 Å². The molecule has 0 aromatic carbocycles. The fourth-order valence-corrected chi connectivity index (χ4v) is 2.83. The number of aliphatic hydroxyl groups excluding tert-OH is 1. The lowest BCUT2D eigenvalue weighted by Crippen LogP contribution is -2.48. The van der Waals surface area contributed by atoms with Crippen molar-refractivity contribution >= 4 is 0 Å². The molecule has 82 valence electrons. The molecule has 0 heterocycles. The van der Waals surface area contributed by atoms with Gasteiger partial charge in [-0.1, -0.05) is 32.1 Å². The molecular formula is C12H22O2. The lowest BCUT2D eigenvalue weighted by atomic mass is 9.72. The molecule has 1 atom stereocenters. The van der Waals surface area contributed by atoms with E-state index in [4.69, 9.17) is 0 Å². The maximum absolute atomic E-state index is 10.4. The Morgan fingerprint density at radius 1 is 0.929 bits per heavy atom. The van der Waals surface area contributed by atoms with Gasteiger partial charge in [-0.05, 0) is 31.6 Å². The molecule has 0 aromatic heterocycles. The second-order valence-electron chi connectivity index (χ2n) is 5.15. The monoisotopic (exact) mass is 198 g/mol. The summed E-state index contributed by atoms with van der Waals surface area (Å²) >= 11 is 0. The summed E-state index contributed by atoms with van der Waals surface area (Å²) in [7, 11) is 0. The number of hydrogen-bond acceptors (Lipinski definition) is 2. The molecule has 2 nitrogen and oxygen atoms in total. The van der Waals surface area contributed by atoms with E-state index in [9.17, 15) is 10.2 Å². The third-order valence-corrected chi connectivity index (χ3v) is 4.12. The van der Waals surface area contributed by atoms with Gasteiger partial charge in [0.2, 0.25) is 0 Å². The third kappa shape index (κ3) is 1.96. The van der Waals surface area contributed by atoms with E-state index in [0.29, 0.717) is 5.92 Å². The summed E-state index contributed by atoms with van der Waals surface area (Å²) < 4.78 is 0. The largest absolute Gasteiger partial charge is 0.390 e. The number of rotatable bonds is 2. The van der Waals surface area contributed by atoms with Gasteiger partial charge >= 0.3 is 0 Å².